The molecule has 0 unspecified atom stereocenters. The number of halogens is 1. The molecule has 12 heavy (non-hydrogen) atoms. The average molecular weight is 197 g/mol. The standard InChI is InChI=1S/2C5H5.FH.Ti/c2*1-2-4-5-3-1;;/h2*1-5H;1H;/q2*-1;;+3/p-1. The van der Waals surface area contributed by atoms with Gasteiger partial charge in [-0.15, -0.1) is 0 Å². The van der Waals surface area contributed by atoms with Crippen LogP contribution in [0.3, 0.4) is 0 Å². The second-order valence-electron chi connectivity index (χ2n) is 1.92. The molecule has 0 nitrogen and oxygen atoms in total. The third-order valence-corrected chi connectivity index (χ3v) is 1.11. The van der Waals surface area contributed by atoms with Crippen LogP contribution in [-0.2, 0) is 21.7 Å². The van der Waals surface area contributed by atoms with Gasteiger partial charge in [-0.05, 0) is 0 Å². The molecule has 0 aliphatic rings. The summed E-state index contributed by atoms with van der Waals surface area (Å²) in [7, 11) is 0. The normalized spacial score (nSPS) is 6.67. The first-order valence-electron chi connectivity index (χ1n) is 3.33. The fourth-order valence-corrected chi connectivity index (χ4v) is 0.642. The minimum atomic E-state index is 0. The minimum Gasteiger partial charge on any atom is -1.00 e. The Labute approximate surface area is 87.2 Å². The molecule has 0 saturated heterocycles. The minimum absolute atomic E-state index is 0. The number of hydrogen-bond donors (Lipinski definition) is 0. The molecular formula is C10H10FTi. The van der Waals surface area contributed by atoms with E-state index in [4.69, 9.17) is 0 Å². The quantitative estimate of drug-likeness (QED) is 0.405. The molecule has 0 bridgehead atoms. The predicted octanol–water partition coefficient (Wildman–Crippen LogP) is -0.187. The van der Waals surface area contributed by atoms with Crippen molar-refractivity contribution in [2.24, 2.45) is 0 Å². The zero-order valence-corrected chi connectivity index (χ0v) is 8.21. The van der Waals surface area contributed by atoms with Crippen molar-refractivity contribution in [1.29, 1.82) is 0 Å². The summed E-state index contributed by atoms with van der Waals surface area (Å²) in [6.45, 7) is 0. The van der Waals surface area contributed by atoms with E-state index in [-0.39, 0.29) is 26.4 Å². The Bertz CT molecular complexity index is 149. The molecular weight excluding hydrogens is 187 g/mol. The van der Waals surface area contributed by atoms with E-state index in [1.807, 2.05) is 60.7 Å². The van der Waals surface area contributed by atoms with Gasteiger partial charge in [-0.1, -0.05) is 0 Å². The molecule has 0 atom stereocenters. The van der Waals surface area contributed by atoms with Gasteiger partial charge in [0.2, 0.25) is 0 Å². The van der Waals surface area contributed by atoms with Gasteiger partial charge in [0.1, 0.15) is 0 Å². The summed E-state index contributed by atoms with van der Waals surface area (Å²) in [6, 6.07) is 20.0. The molecule has 1 radical (unpaired) electrons. The molecule has 2 aromatic rings. The van der Waals surface area contributed by atoms with Gasteiger partial charge in [0.25, 0.3) is 0 Å². The Morgan fingerprint density at radius 3 is 0.917 bits per heavy atom. The summed E-state index contributed by atoms with van der Waals surface area (Å²) in [6.07, 6.45) is 0. The smallest absolute Gasteiger partial charge is 1.00 e. The fraction of sp³-hybridized carbons (Fsp3) is 0. The third-order valence-electron chi connectivity index (χ3n) is 1.11. The van der Waals surface area contributed by atoms with Gasteiger partial charge < -0.3 is 4.70 Å². The van der Waals surface area contributed by atoms with Crippen molar-refractivity contribution in [2.45, 2.75) is 0 Å². The monoisotopic (exact) mass is 197 g/mol. The van der Waals surface area contributed by atoms with Crippen molar-refractivity contribution in [2.75, 3.05) is 0 Å². The van der Waals surface area contributed by atoms with Crippen molar-refractivity contribution in [3.8, 4) is 0 Å². The van der Waals surface area contributed by atoms with Crippen LogP contribution < -0.4 is 4.70 Å². The van der Waals surface area contributed by atoms with Gasteiger partial charge >= 0.3 is 21.7 Å². The van der Waals surface area contributed by atoms with E-state index in [1.54, 1.807) is 0 Å². The van der Waals surface area contributed by atoms with Crippen molar-refractivity contribution in [3.05, 3.63) is 60.7 Å². The van der Waals surface area contributed by atoms with Crippen LogP contribution in [0.1, 0.15) is 0 Å². The van der Waals surface area contributed by atoms with E-state index in [0.717, 1.165) is 0 Å². The topological polar surface area (TPSA) is 0 Å². The second-order valence-corrected chi connectivity index (χ2v) is 1.92. The summed E-state index contributed by atoms with van der Waals surface area (Å²) in [5.74, 6) is 0. The first-order valence-corrected chi connectivity index (χ1v) is 3.33. The van der Waals surface area contributed by atoms with Crippen LogP contribution in [-0.4, -0.2) is 0 Å². The average Bonchev–Trinajstić information content (AvgIpc) is 2.67. The van der Waals surface area contributed by atoms with Crippen molar-refractivity contribution in [1.82, 2.24) is 0 Å². The Kier molecular flexibility index (Phi) is 12.0. The van der Waals surface area contributed by atoms with Gasteiger partial charge in [-0.25, -0.2) is 24.3 Å². The first-order chi connectivity index (χ1) is 5.00. The van der Waals surface area contributed by atoms with Gasteiger partial charge in [0, 0.05) is 0 Å². The van der Waals surface area contributed by atoms with E-state index < -0.39 is 0 Å². The molecule has 61 valence electrons. The SMILES string of the molecule is [F-].[Ti+3].c1cc[cH-]c1.c1cc[cH-]c1. The maximum Gasteiger partial charge on any atom is 3.00 e. The molecule has 0 amide bonds. The maximum atomic E-state index is 2.00. The predicted molar refractivity (Wildman–Crippen MR) is 44.1 cm³/mol. The molecule has 0 aromatic heterocycles. The molecule has 0 fully saturated rings. The Hall–Kier alpha value is -0.656. The summed E-state index contributed by atoms with van der Waals surface area (Å²) in [5.41, 5.74) is 0. The summed E-state index contributed by atoms with van der Waals surface area (Å²) in [4.78, 5) is 0. The van der Waals surface area contributed by atoms with Crippen LogP contribution in [0.5, 0.6) is 0 Å². The maximum absolute atomic E-state index is 2.00. The van der Waals surface area contributed by atoms with Crippen molar-refractivity contribution >= 4 is 0 Å². The van der Waals surface area contributed by atoms with Crippen LogP contribution in [0.4, 0.5) is 0 Å². The molecule has 0 heterocycles. The summed E-state index contributed by atoms with van der Waals surface area (Å²) in [5, 5.41) is 0. The van der Waals surface area contributed by atoms with Crippen LogP contribution in [0.25, 0.3) is 0 Å². The van der Waals surface area contributed by atoms with Crippen LogP contribution in [0.2, 0.25) is 0 Å². The zero-order chi connectivity index (χ0) is 7.07. The van der Waals surface area contributed by atoms with Crippen LogP contribution in [0.15, 0.2) is 60.7 Å². The largest absolute Gasteiger partial charge is 3.00 e. The molecule has 0 aliphatic carbocycles. The van der Waals surface area contributed by atoms with Gasteiger partial charge in [0.15, 0.2) is 0 Å². The van der Waals surface area contributed by atoms with E-state index in [0.29, 0.717) is 0 Å². The van der Waals surface area contributed by atoms with E-state index in [9.17, 15) is 0 Å². The van der Waals surface area contributed by atoms with Crippen molar-refractivity contribution in [3.63, 3.8) is 0 Å². The van der Waals surface area contributed by atoms with Crippen LogP contribution >= 0.6 is 0 Å². The Morgan fingerprint density at radius 2 is 0.833 bits per heavy atom. The van der Waals surface area contributed by atoms with Gasteiger partial charge in [-0.2, -0.15) is 36.4 Å². The summed E-state index contributed by atoms with van der Waals surface area (Å²) < 4.78 is 0. The second kappa shape index (κ2) is 10.3. The summed E-state index contributed by atoms with van der Waals surface area (Å²) >= 11 is 0. The molecule has 0 saturated carbocycles. The van der Waals surface area contributed by atoms with Gasteiger partial charge in [0.05, 0.1) is 0 Å². The first kappa shape index (κ1) is 13.9. The molecule has 0 aliphatic heterocycles. The molecule has 0 spiro atoms. The zero-order valence-electron chi connectivity index (χ0n) is 6.65. The Balaban J connectivity index is 0. The third kappa shape index (κ3) is 7.45. The molecule has 0 N–H and O–H groups in total. The van der Waals surface area contributed by atoms with E-state index in [2.05, 4.69) is 0 Å². The molecule has 2 heteroatoms. The Morgan fingerprint density at radius 1 is 0.583 bits per heavy atom. The fourth-order valence-electron chi connectivity index (χ4n) is 0.642. The van der Waals surface area contributed by atoms with Gasteiger partial charge in [-0.3, -0.25) is 0 Å². The number of hydrogen-bond acceptors (Lipinski definition) is 0. The van der Waals surface area contributed by atoms with Crippen LogP contribution in [0, 0.1) is 0 Å². The molecule has 2 rings (SSSR count). The van der Waals surface area contributed by atoms with Crippen molar-refractivity contribution < 1.29 is 26.4 Å². The number of rotatable bonds is 0. The van der Waals surface area contributed by atoms with E-state index >= 15 is 0 Å². The van der Waals surface area contributed by atoms with E-state index in [1.165, 1.54) is 0 Å². The molecule has 2 aromatic carbocycles.